The van der Waals surface area contributed by atoms with Crippen LogP contribution in [-0.4, -0.2) is 17.0 Å². The van der Waals surface area contributed by atoms with Crippen molar-refractivity contribution < 1.29 is 0 Å². The Morgan fingerprint density at radius 1 is 1.26 bits per heavy atom. The molecule has 0 atom stereocenters. The van der Waals surface area contributed by atoms with Gasteiger partial charge in [0.25, 0.3) is 5.56 Å². The number of nitrogens with zero attached hydrogens (tertiary/aromatic N) is 2. The number of anilines is 1. The standard InChI is InChI=1S/C14H18N4O/c1-10-16-13(7-14(19)17-10)18(2)9-12-5-3-11(8-15)4-6-12/h3-7H,8-9,15H2,1-2H3,(H,16,17,19). The second-order valence-electron chi connectivity index (χ2n) is 4.57. The van der Waals surface area contributed by atoms with E-state index in [9.17, 15) is 4.79 Å². The van der Waals surface area contributed by atoms with Crippen LogP contribution in [0.5, 0.6) is 0 Å². The molecule has 0 saturated heterocycles. The Hall–Kier alpha value is -2.14. The molecule has 19 heavy (non-hydrogen) atoms. The van der Waals surface area contributed by atoms with Gasteiger partial charge < -0.3 is 15.6 Å². The van der Waals surface area contributed by atoms with Gasteiger partial charge in [-0.15, -0.1) is 0 Å². The minimum Gasteiger partial charge on any atom is -0.355 e. The molecule has 0 aliphatic carbocycles. The van der Waals surface area contributed by atoms with E-state index in [-0.39, 0.29) is 5.56 Å². The van der Waals surface area contributed by atoms with Gasteiger partial charge in [0, 0.05) is 26.2 Å². The molecule has 5 nitrogen and oxygen atoms in total. The van der Waals surface area contributed by atoms with E-state index < -0.39 is 0 Å². The third-order valence-electron chi connectivity index (χ3n) is 2.92. The second-order valence-corrected chi connectivity index (χ2v) is 4.57. The van der Waals surface area contributed by atoms with Gasteiger partial charge in [0.2, 0.25) is 0 Å². The van der Waals surface area contributed by atoms with Crippen molar-refractivity contribution in [2.75, 3.05) is 11.9 Å². The van der Waals surface area contributed by atoms with Crippen LogP contribution in [-0.2, 0) is 13.1 Å². The molecule has 1 heterocycles. The van der Waals surface area contributed by atoms with Crippen molar-refractivity contribution in [2.24, 2.45) is 5.73 Å². The lowest BCUT2D eigenvalue weighted by molar-refractivity contribution is 0.871. The lowest BCUT2D eigenvalue weighted by Crippen LogP contribution is -2.21. The Bertz CT molecular complexity index is 604. The summed E-state index contributed by atoms with van der Waals surface area (Å²) in [5.41, 5.74) is 7.70. The van der Waals surface area contributed by atoms with Gasteiger partial charge in [-0.2, -0.15) is 0 Å². The smallest absolute Gasteiger partial charge is 0.252 e. The highest BCUT2D eigenvalue weighted by molar-refractivity contribution is 5.38. The van der Waals surface area contributed by atoms with Gasteiger partial charge in [-0.3, -0.25) is 4.79 Å². The maximum atomic E-state index is 11.4. The quantitative estimate of drug-likeness (QED) is 0.863. The molecule has 0 radical (unpaired) electrons. The van der Waals surface area contributed by atoms with E-state index >= 15 is 0 Å². The number of rotatable bonds is 4. The van der Waals surface area contributed by atoms with Crippen LogP contribution in [0, 0.1) is 6.92 Å². The van der Waals surface area contributed by atoms with Crippen molar-refractivity contribution in [3.8, 4) is 0 Å². The minimum atomic E-state index is -0.132. The number of aromatic nitrogens is 2. The third kappa shape index (κ3) is 3.42. The summed E-state index contributed by atoms with van der Waals surface area (Å²) in [7, 11) is 1.91. The van der Waals surface area contributed by atoms with Crippen molar-refractivity contribution in [1.29, 1.82) is 0 Å². The van der Waals surface area contributed by atoms with Crippen LogP contribution in [0.1, 0.15) is 17.0 Å². The van der Waals surface area contributed by atoms with Crippen molar-refractivity contribution in [2.45, 2.75) is 20.0 Å². The highest BCUT2D eigenvalue weighted by Crippen LogP contribution is 2.11. The minimum absolute atomic E-state index is 0.132. The molecular weight excluding hydrogens is 240 g/mol. The Kier molecular flexibility index (Phi) is 3.97. The molecule has 1 aromatic heterocycles. The molecule has 0 aliphatic heterocycles. The summed E-state index contributed by atoms with van der Waals surface area (Å²) in [6.45, 7) is 3.01. The molecule has 5 heteroatoms. The van der Waals surface area contributed by atoms with E-state index in [0.717, 1.165) is 11.1 Å². The normalized spacial score (nSPS) is 10.5. The van der Waals surface area contributed by atoms with Crippen molar-refractivity contribution in [3.63, 3.8) is 0 Å². The molecule has 100 valence electrons. The van der Waals surface area contributed by atoms with Crippen LogP contribution in [0.3, 0.4) is 0 Å². The van der Waals surface area contributed by atoms with Crippen LogP contribution in [0.15, 0.2) is 35.1 Å². The maximum absolute atomic E-state index is 11.4. The first kappa shape index (κ1) is 13.3. The van der Waals surface area contributed by atoms with Crippen LogP contribution in [0.2, 0.25) is 0 Å². The summed E-state index contributed by atoms with van der Waals surface area (Å²) in [6, 6.07) is 9.61. The molecular formula is C14H18N4O. The number of aromatic amines is 1. The van der Waals surface area contributed by atoms with Gasteiger partial charge >= 0.3 is 0 Å². The first-order valence-electron chi connectivity index (χ1n) is 6.15. The Morgan fingerprint density at radius 2 is 1.89 bits per heavy atom. The number of hydrogen-bond acceptors (Lipinski definition) is 4. The molecule has 0 saturated carbocycles. The van der Waals surface area contributed by atoms with Gasteiger partial charge in [0.1, 0.15) is 11.6 Å². The summed E-state index contributed by atoms with van der Waals surface area (Å²) in [4.78, 5) is 20.3. The van der Waals surface area contributed by atoms with E-state index in [2.05, 4.69) is 9.97 Å². The predicted molar refractivity (Wildman–Crippen MR) is 76.0 cm³/mol. The second kappa shape index (κ2) is 5.67. The van der Waals surface area contributed by atoms with Crippen molar-refractivity contribution in [1.82, 2.24) is 9.97 Å². The number of nitrogens with two attached hydrogens (primary N) is 1. The predicted octanol–water partition coefficient (Wildman–Crippen LogP) is 1.17. The molecule has 0 amide bonds. The number of nitrogens with one attached hydrogen (secondary N) is 1. The first-order valence-corrected chi connectivity index (χ1v) is 6.15. The molecule has 0 aliphatic rings. The number of aryl methyl sites for hydroxylation is 1. The molecule has 0 fully saturated rings. The zero-order chi connectivity index (χ0) is 13.8. The number of hydrogen-bond donors (Lipinski definition) is 2. The fourth-order valence-corrected chi connectivity index (χ4v) is 1.89. The van der Waals surface area contributed by atoms with E-state index in [1.54, 1.807) is 6.92 Å². The van der Waals surface area contributed by atoms with Crippen molar-refractivity contribution in [3.05, 3.63) is 57.6 Å². The van der Waals surface area contributed by atoms with E-state index in [0.29, 0.717) is 24.7 Å². The fourth-order valence-electron chi connectivity index (χ4n) is 1.89. The first-order chi connectivity index (χ1) is 9.08. The van der Waals surface area contributed by atoms with Gasteiger partial charge in [-0.25, -0.2) is 4.98 Å². The molecule has 0 unspecified atom stereocenters. The summed E-state index contributed by atoms with van der Waals surface area (Å²) >= 11 is 0. The Balaban J connectivity index is 2.15. The van der Waals surface area contributed by atoms with Crippen molar-refractivity contribution >= 4 is 5.82 Å². The molecule has 2 rings (SSSR count). The largest absolute Gasteiger partial charge is 0.355 e. The van der Waals surface area contributed by atoms with Gasteiger partial charge in [-0.05, 0) is 18.1 Å². The summed E-state index contributed by atoms with van der Waals surface area (Å²) in [5, 5.41) is 0. The van der Waals surface area contributed by atoms with E-state index in [4.69, 9.17) is 5.73 Å². The lowest BCUT2D eigenvalue weighted by atomic mass is 10.1. The van der Waals surface area contributed by atoms with Crippen LogP contribution in [0.4, 0.5) is 5.82 Å². The van der Waals surface area contributed by atoms with Gasteiger partial charge in [-0.1, -0.05) is 24.3 Å². The third-order valence-corrected chi connectivity index (χ3v) is 2.92. The maximum Gasteiger partial charge on any atom is 0.252 e. The van der Waals surface area contributed by atoms with E-state index in [1.165, 1.54) is 6.07 Å². The summed E-state index contributed by atoms with van der Waals surface area (Å²) in [6.07, 6.45) is 0. The summed E-state index contributed by atoms with van der Waals surface area (Å²) < 4.78 is 0. The van der Waals surface area contributed by atoms with Crippen LogP contribution >= 0.6 is 0 Å². The Labute approximate surface area is 112 Å². The molecule has 1 aromatic carbocycles. The van der Waals surface area contributed by atoms with E-state index in [1.807, 2.05) is 36.2 Å². The molecule has 0 bridgehead atoms. The van der Waals surface area contributed by atoms with Crippen LogP contribution in [0.25, 0.3) is 0 Å². The van der Waals surface area contributed by atoms with Crippen LogP contribution < -0.4 is 16.2 Å². The average molecular weight is 258 g/mol. The highest BCUT2D eigenvalue weighted by atomic mass is 16.1. The summed E-state index contributed by atoms with van der Waals surface area (Å²) in [5.74, 6) is 1.29. The lowest BCUT2D eigenvalue weighted by Gasteiger charge is -2.18. The molecule has 2 aromatic rings. The number of H-pyrrole nitrogens is 1. The molecule has 0 spiro atoms. The SMILES string of the molecule is Cc1nc(N(C)Cc2ccc(CN)cc2)cc(=O)[nH]1. The zero-order valence-corrected chi connectivity index (χ0v) is 11.2. The highest BCUT2D eigenvalue weighted by Gasteiger charge is 2.05. The number of benzene rings is 1. The van der Waals surface area contributed by atoms with Gasteiger partial charge in [0.05, 0.1) is 0 Å². The Morgan fingerprint density at radius 3 is 2.47 bits per heavy atom. The topological polar surface area (TPSA) is 75.0 Å². The average Bonchev–Trinajstić information content (AvgIpc) is 2.38. The molecule has 3 N–H and O–H groups in total. The zero-order valence-electron chi connectivity index (χ0n) is 11.2. The monoisotopic (exact) mass is 258 g/mol. The van der Waals surface area contributed by atoms with Gasteiger partial charge in [0.15, 0.2) is 0 Å². The fraction of sp³-hybridized carbons (Fsp3) is 0.286.